The number of carbonyl (C=O) groups is 1. The first-order valence-corrected chi connectivity index (χ1v) is 4.31. The fraction of sp³-hybridized carbons (Fsp3) is 0.889. The van der Waals surface area contributed by atoms with Gasteiger partial charge in [0.1, 0.15) is 0 Å². The van der Waals surface area contributed by atoms with E-state index in [9.17, 15) is 4.79 Å². The molecule has 2 N–H and O–H groups in total. The molecule has 1 fully saturated rings. The van der Waals surface area contributed by atoms with Gasteiger partial charge in [-0.25, -0.2) is 0 Å². The first-order valence-electron chi connectivity index (χ1n) is 4.31. The van der Waals surface area contributed by atoms with Crippen molar-refractivity contribution in [2.24, 2.45) is 17.1 Å². The summed E-state index contributed by atoms with van der Waals surface area (Å²) in [4.78, 5) is 10.8. The van der Waals surface area contributed by atoms with Gasteiger partial charge >= 0.3 is 0 Å². The summed E-state index contributed by atoms with van der Waals surface area (Å²) in [5.74, 6) is 0.0449. The van der Waals surface area contributed by atoms with E-state index in [4.69, 9.17) is 5.73 Å². The monoisotopic (exact) mass is 155 g/mol. The quantitative estimate of drug-likeness (QED) is 0.615. The third-order valence-electron chi connectivity index (χ3n) is 2.74. The van der Waals surface area contributed by atoms with Gasteiger partial charge in [-0.05, 0) is 31.1 Å². The molecular weight excluding hydrogens is 138 g/mol. The zero-order chi connectivity index (χ0) is 8.48. The van der Waals surface area contributed by atoms with Crippen molar-refractivity contribution >= 4 is 5.91 Å². The summed E-state index contributed by atoms with van der Waals surface area (Å²) in [6, 6.07) is 0. The zero-order valence-electron chi connectivity index (χ0n) is 7.39. The fourth-order valence-electron chi connectivity index (χ4n) is 1.68. The molecule has 0 radical (unpaired) electrons. The van der Waals surface area contributed by atoms with Gasteiger partial charge in [0.25, 0.3) is 0 Å². The third kappa shape index (κ3) is 2.21. The molecule has 0 aromatic heterocycles. The van der Waals surface area contributed by atoms with Crippen LogP contribution in [0.3, 0.4) is 0 Å². The minimum atomic E-state index is -0.111. The molecule has 1 aliphatic carbocycles. The highest BCUT2D eigenvalue weighted by molar-refractivity contribution is 5.76. The lowest BCUT2D eigenvalue weighted by atomic mass is 9.73. The van der Waals surface area contributed by atoms with Gasteiger partial charge in [-0.15, -0.1) is 0 Å². The molecule has 0 heterocycles. The molecule has 0 saturated heterocycles. The normalized spacial score (nSPS) is 24.9. The number of nitrogens with two attached hydrogens (primary N) is 1. The first kappa shape index (κ1) is 8.57. The smallest absolute Gasteiger partial charge is 0.220 e. The van der Waals surface area contributed by atoms with Crippen LogP contribution in [0.5, 0.6) is 0 Å². The largest absolute Gasteiger partial charge is 0.369 e. The number of amides is 1. The minimum Gasteiger partial charge on any atom is -0.369 e. The average molecular weight is 155 g/mol. The molecule has 0 aromatic rings. The van der Waals surface area contributed by atoms with Crippen LogP contribution in [0.1, 0.15) is 39.5 Å². The van der Waals surface area contributed by atoms with Gasteiger partial charge in [0.15, 0.2) is 0 Å². The van der Waals surface area contributed by atoms with E-state index in [2.05, 4.69) is 13.8 Å². The molecule has 0 aliphatic heterocycles. The number of primary amides is 1. The average Bonchev–Trinajstić information content (AvgIpc) is 1.86. The highest BCUT2D eigenvalue weighted by Gasteiger charge is 2.29. The topological polar surface area (TPSA) is 43.1 Å². The van der Waals surface area contributed by atoms with E-state index >= 15 is 0 Å². The SMILES string of the molecule is CC1(C)CCC(C(N)=O)CC1. The summed E-state index contributed by atoms with van der Waals surface area (Å²) in [5, 5.41) is 0. The molecule has 1 amide bonds. The van der Waals surface area contributed by atoms with Gasteiger partial charge < -0.3 is 5.73 Å². The number of hydrogen-bond acceptors (Lipinski definition) is 1. The van der Waals surface area contributed by atoms with Gasteiger partial charge in [-0.2, -0.15) is 0 Å². The van der Waals surface area contributed by atoms with Crippen LogP contribution < -0.4 is 5.73 Å². The van der Waals surface area contributed by atoms with E-state index in [1.54, 1.807) is 0 Å². The molecule has 0 atom stereocenters. The molecular formula is C9H17NO. The molecule has 0 spiro atoms. The van der Waals surface area contributed by atoms with E-state index in [0.717, 1.165) is 25.7 Å². The summed E-state index contributed by atoms with van der Waals surface area (Å²) < 4.78 is 0. The second-order valence-corrected chi connectivity index (χ2v) is 4.34. The number of carbonyl (C=O) groups excluding carboxylic acids is 1. The third-order valence-corrected chi connectivity index (χ3v) is 2.74. The Hall–Kier alpha value is -0.530. The minimum absolute atomic E-state index is 0.111. The molecule has 2 heteroatoms. The van der Waals surface area contributed by atoms with Crippen LogP contribution in [0.2, 0.25) is 0 Å². The van der Waals surface area contributed by atoms with Crippen molar-refractivity contribution in [1.82, 2.24) is 0 Å². The highest BCUT2D eigenvalue weighted by Crippen LogP contribution is 2.37. The van der Waals surface area contributed by atoms with Crippen molar-refractivity contribution < 1.29 is 4.79 Å². The maximum atomic E-state index is 10.8. The van der Waals surface area contributed by atoms with Crippen molar-refractivity contribution in [3.63, 3.8) is 0 Å². The van der Waals surface area contributed by atoms with Gasteiger partial charge in [0, 0.05) is 5.92 Å². The molecule has 0 aromatic carbocycles. The van der Waals surface area contributed by atoms with E-state index in [0.29, 0.717) is 5.41 Å². The van der Waals surface area contributed by atoms with E-state index < -0.39 is 0 Å². The Kier molecular flexibility index (Phi) is 2.21. The van der Waals surface area contributed by atoms with Crippen molar-refractivity contribution in [3.05, 3.63) is 0 Å². The maximum Gasteiger partial charge on any atom is 0.220 e. The maximum absolute atomic E-state index is 10.8. The van der Waals surface area contributed by atoms with Crippen LogP contribution in [0.15, 0.2) is 0 Å². The Morgan fingerprint density at radius 1 is 1.36 bits per heavy atom. The molecule has 1 saturated carbocycles. The van der Waals surface area contributed by atoms with Gasteiger partial charge in [-0.3, -0.25) is 4.79 Å². The van der Waals surface area contributed by atoms with E-state index in [1.807, 2.05) is 0 Å². The Balaban J connectivity index is 2.42. The Morgan fingerprint density at radius 3 is 2.18 bits per heavy atom. The lowest BCUT2D eigenvalue weighted by molar-refractivity contribution is -0.123. The summed E-state index contributed by atoms with van der Waals surface area (Å²) >= 11 is 0. The van der Waals surface area contributed by atoms with Crippen LogP contribution in [-0.4, -0.2) is 5.91 Å². The standard InChI is InChI=1S/C9H17NO/c1-9(2)5-3-7(4-6-9)8(10)11/h7H,3-6H2,1-2H3,(H2,10,11). The van der Waals surface area contributed by atoms with Crippen LogP contribution in [-0.2, 0) is 4.79 Å². The second kappa shape index (κ2) is 2.84. The molecule has 0 unspecified atom stereocenters. The first-order chi connectivity index (χ1) is 5.01. The van der Waals surface area contributed by atoms with Gasteiger partial charge in [0.05, 0.1) is 0 Å². The van der Waals surface area contributed by atoms with Crippen LogP contribution >= 0.6 is 0 Å². The van der Waals surface area contributed by atoms with Crippen molar-refractivity contribution in [1.29, 1.82) is 0 Å². The van der Waals surface area contributed by atoms with Crippen molar-refractivity contribution in [2.45, 2.75) is 39.5 Å². The number of rotatable bonds is 1. The molecule has 1 rings (SSSR count). The second-order valence-electron chi connectivity index (χ2n) is 4.34. The van der Waals surface area contributed by atoms with Gasteiger partial charge in [0.2, 0.25) is 5.91 Å². The van der Waals surface area contributed by atoms with Crippen molar-refractivity contribution in [2.75, 3.05) is 0 Å². The van der Waals surface area contributed by atoms with E-state index in [1.165, 1.54) is 0 Å². The Labute approximate surface area is 68.2 Å². The lowest BCUT2D eigenvalue weighted by Crippen LogP contribution is -2.30. The summed E-state index contributed by atoms with van der Waals surface area (Å²) in [7, 11) is 0. The highest BCUT2D eigenvalue weighted by atomic mass is 16.1. The molecule has 11 heavy (non-hydrogen) atoms. The predicted octanol–water partition coefficient (Wildman–Crippen LogP) is 1.69. The number of hydrogen-bond donors (Lipinski definition) is 1. The van der Waals surface area contributed by atoms with Gasteiger partial charge in [-0.1, -0.05) is 13.8 Å². The van der Waals surface area contributed by atoms with Crippen LogP contribution in [0, 0.1) is 11.3 Å². The molecule has 0 bridgehead atoms. The van der Waals surface area contributed by atoms with Crippen LogP contribution in [0.25, 0.3) is 0 Å². The summed E-state index contributed by atoms with van der Waals surface area (Å²) in [6.07, 6.45) is 4.26. The zero-order valence-corrected chi connectivity index (χ0v) is 7.39. The fourth-order valence-corrected chi connectivity index (χ4v) is 1.68. The predicted molar refractivity (Wildman–Crippen MR) is 44.9 cm³/mol. The lowest BCUT2D eigenvalue weighted by Gasteiger charge is -2.32. The Morgan fingerprint density at radius 2 is 1.82 bits per heavy atom. The van der Waals surface area contributed by atoms with Crippen LogP contribution in [0.4, 0.5) is 0 Å². The van der Waals surface area contributed by atoms with E-state index in [-0.39, 0.29) is 11.8 Å². The molecule has 2 nitrogen and oxygen atoms in total. The summed E-state index contributed by atoms with van der Waals surface area (Å²) in [5.41, 5.74) is 5.65. The van der Waals surface area contributed by atoms with Crippen molar-refractivity contribution in [3.8, 4) is 0 Å². The molecule has 1 aliphatic rings. The Bertz CT molecular complexity index is 153. The summed E-state index contributed by atoms with van der Waals surface area (Å²) in [6.45, 7) is 4.51. The molecule has 64 valence electrons.